The van der Waals surface area contributed by atoms with Crippen molar-refractivity contribution >= 4 is 5.91 Å². The van der Waals surface area contributed by atoms with E-state index < -0.39 is 0 Å². The van der Waals surface area contributed by atoms with E-state index in [1.807, 2.05) is 0 Å². The number of nitrogens with zero attached hydrogens (tertiary/aromatic N) is 1. The molecule has 3 aliphatic heterocycles. The molecule has 0 aromatic heterocycles. The van der Waals surface area contributed by atoms with Gasteiger partial charge in [-0.05, 0) is 38.6 Å². The molecule has 0 saturated carbocycles. The normalized spacial score (nSPS) is 32.4. The van der Waals surface area contributed by atoms with Crippen LogP contribution in [0.15, 0.2) is 0 Å². The molecular formula is C14H25N3O2. The summed E-state index contributed by atoms with van der Waals surface area (Å²) in [5.41, 5.74) is 0. The Morgan fingerprint density at radius 3 is 2.84 bits per heavy atom. The molecule has 0 spiro atoms. The molecule has 3 fully saturated rings. The fourth-order valence-electron chi connectivity index (χ4n) is 3.67. The molecule has 2 N–H and O–H groups in total. The molecule has 5 heteroatoms. The van der Waals surface area contributed by atoms with Crippen molar-refractivity contribution in [2.75, 3.05) is 32.8 Å². The summed E-state index contributed by atoms with van der Waals surface area (Å²) in [4.78, 5) is 14.5. The first-order valence-corrected chi connectivity index (χ1v) is 7.67. The maximum atomic E-state index is 11.9. The second kappa shape index (κ2) is 6.20. The maximum Gasteiger partial charge on any atom is 0.234 e. The minimum atomic E-state index is 0.142. The van der Waals surface area contributed by atoms with Gasteiger partial charge >= 0.3 is 0 Å². The number of amides is 1. The SMILES string of the molecule is O=C(CNC1CCN2CCCC12)NC1CCOCC1. The van der Waals surface area contributed by atoms with E-state index in [1.165, 1.54) is 32.4 Å². The highest BCUT2D eigenvalue weighted by molar-refractivity contribution is 5.78. The average Bonchev–Trinajstić information content (AvgIpc) is 3.01. The second-order valence-corrected chi connectivity index (χ2v) is 5.98. The molecule has 0 bridgehead atoms. The van der Waals surface area contributed by atoms with Crippen molar-refractivity contribution < 1.29 is 9.53 Å². The summed E-state index contributed by atoms with van der Waals surface area (Å²) < 4.78 is 5.30. The summed E-state index contributed by atoms with van der Waals surface area (Å²) >= 11 is 0. The van der Waals surface area contributed by atoms with Crippen molar-refractivity contribution in [2.24, 2.45) is 0 Å². The first kappa shape index (κ1) is 13.3. The van der Waals surface area contributed by atoms with E-state index in [4.69, 9.17) is 4.74 Å². The lowest BCUT2D eigenvalue weighted by Gasteiger charge is -2.24. The van der Waals surface area contributed by atoms with E-state index in [9.17, 15) is 4.79 Å². The van der Waals surface area contributed by atoms with Gasteiger partial charge < -0.3 is 15.4 Å². The molecule has 2 unspecified atom stereocenters. The summed E-state index contributed by atoms with van der Waals surface area (Å²) in [6, 6.07) is 1.51. The number of carbonyl (C=O) groups is 1. The Kier molecular flexibility index (Phi) is 4.35. The summed E-state index contributed by atoms with van der Waals surface area (Å²) in [5, 5.41) is 6.56. The molecule has 0 radical (unpaired) electrons. The van der Waals surface area contributed by atoms with Crippen LogP contribution >= 0.6 is 0 Å². The molecule has 19 heavy (non-hydrogen) atoms. The second-order valence-electron chi connectivity index (χ2n) is 5.98. The van der Waals surface area contributed by atoms with Crippen molar-refractivity contribution in [1.82, 2.24) is 15.5 Å². The van der Waals surface area contributed by atoms with Crippen molar-refractivity contribution in [3.63, 3.8) is 0 Å². The van der Waals surface area contributed by atoms with Gasteiger partial charge in [-0.25, -0.2) is 0 Å². The van der Waals surface area contributed by atoms with Crippen LogP contribution in [0.2, 0.25) is 0 Å². The van der Waals surface area contributed by atoms with Crippen molar-refractivity contribution in [1.29, 1.82) is 0 Å². The van der Waals surface area contributed by atoms with Gasteiger partial charge in [-0.2, -0.15) is 0 Å². The van der Waals surface area contributed by atoms with Gasteiger partial charge in [0.25, 0.3) is 0 Å². The Morgan fingerprint density at radius 2 is 2.00 bits per heavy atom. The lowest BCUT2D eigenvalue weighted by molar-refractivity contribution is -0.121. The molecule has 0 aromatic rings. The maximum absolute atomic E-state index is 11.9. The number of hydrogen-bond donors (Lipinski definition) is 2. The predicted octanol–water partition coefficient (Wildman–Crippen LogP) is 0.108. The van der Waals surface area contributed by atoms with E-state index in [1.54, 1.807) is 0 Å². The van der Waals surface area contributed by atoms with Crippen molar-refractivity contribution in [3.05, 3.63) is 0 Å². The predicted molar refractivity (Wildman–Crippen MR) is 73.0 cm³/mol. The first-order valence-electron chi connectivity index (χ1n) is 7.67. The zero-order valence-electron chi connectivity index (χ0n) is 11.6. The third-order valence-corrected chi connectivity index (χ3v) is 4.72. The largest absolute Gasteiger partial charge is 0.381 e. The summed E-state index contributed by atoms with van der Waals surface area (Å²) in [6.07, 6.45) is 5.70. The van der Waals surface area contributed by atoms with Crippen molar-refractivity contribution in [3.8, 4) is 0 Å². The van der Waals surface area contributed by atoms with Crippen LogP contribution in [0.3, 0.4) is 0 Å². The minimum absolute atomic E-state index is 0.142. The topological polar surface area (TPSA) is 53.6 Å². The zero-order valence-corrected chi connectivity index (χ0v) is 11.6. The molecular weight excluding hydrogens is 242 g/mol. The van der Waals surface area contributed by atoms with Crippen LogP contribution in [0.5, 0.6) is 0 Å². The van der Waals surface area contributed by atoms with Crippen LogP contribution in [0, 0.1) is 0 Å². The Hall–Kier alpha value is -0.650. The Morgan fingerprint density at radius 1 is 1.16 bits per heavy atom. The summed E-state index contributed by atoms with van der Waals surface area (Å²) in [7, 11) is 0. The van der Waals surface area contributed by atoms with Gasteiger partial charge in [0.05, 0.1) is 6.54 Å². The molecule has 3 heterocycles. The number of carbonyl (C=O) groups excluding carboxylic acids is 1. The summed E-state index contributed by atoms with van der Waals surface area (Å²) in [6.45, 7) is 4.46. The molecule has 2 atom stereocenters. The fraction of sp³-hybridized carbons (Fsp3) is 0.929. The number of hydrogen-bond acceptors (Lipinski definition) is 4. The van der Waals surface area contributed by atoms with Crippen LogP contribution in [0.25, 0.3) is 0 Å². The van der Waals surface area contributed by atoms with Crippen LogP contribution in [0.1, 0.15) is 32.1 Å². The molecule has 108 valence electrons. The van der Waals surface area contributed by atoms with Crippen LogP contribution in [-0.2, 0) is 9.53 Å². The Bertz CT molecular complexity index is 318. The van der Waals surface area contributed by atoms with E-state index in [-0.39, 0.29) is 5.91 Å². The van der Waals surface area contributed by atoms with Gasteiger partial charge in [-0.3, -0.25) is 9.69 Å². The third-order valence-electron chi connectivity index (χ3n) is 4.72. The summed E-state index contributed by atoms with van der Waals surface area (Å²) in [5.74, 6) is 0.142. The first-order chi connectivity index (χ1) is 9.33. The van der Waals surface area contributed by atoms with Gasteiger partial charge in [-0.1, -0.05) is 0 Å². The number of nitrogens with one attached hydrogen (secondary N) is 2. The monoisotopic (exact) mass is 267 g/mol. The molecule has 3 aliphatic rings. The molecule has 1 amide bonds. The molecule has 0 aliphatic carbocycles. The molecule has 0 aromatic carbocycles. The van der Waals surface area contributed by atoms with Gasteiger partial charge in [0.15, 0.2) is 0 Å². The number of fused-ring (bicyclic) bond motifs is 1. The quantitative estimate of drug-likeness (QED) is 0.759. The van der Waals surface area contributed by atoms with Gasteiger partial charge in [0.1, 0.15) is 0 Å². The zero-order chi connectivity index (χ0) is 13.1. The van der Waals surface area contributed by atoms with Gasteiger partial charge in [-0.15, -0.1) is 0 Å². The van der Waals surface area contributed by atoms with Gasteiger partial charge in [0, 0.05) is 37.9 Å². The van der Waals surface area contributed by atoms with E-state index in [2.05, 4.69) is 15.5 Å². The Balaban J connectivity index is 1.38. The highest BCUT2D eigenvalue weighted by atomic mass is 16.5. The lowest BCUT2D eigenvalue weighted by Crippen LogP contribution is -2.47. The Labute approximate surface area is 115 Å². The average molecular weight is 267 g/mol. The van der Waals surface area contributed by atoms with Crippen LogP contribution < -0.4 is 10.6 Å². The lowest BCUT2D eigenvalue weighted by atomic mass is 10.1. The molecule has 3 saturated heterocycles. The van der Waals surface area contributed by atoms with Crippen LogP contribution in [0.4, 0.5) is 0 Å². The fourth-order valence-corrected chi connectivity index (χ4v) is 3.67. The van der Waals surface area contributed by atoms with E-state index in [0.717, 1.165) is 26.1 Å². The minimum Gasteiger partial charge on any atom is -0.381 e. The highest BCUT2D eigenvalue weighted by Crippen LogP contribution is 2.27. The third kappa shape index (κ3) is 3.27. The van der Waals surface area contributed by atoms with E-state index in [0.29, 0.717) is 24.7 Å². The number of ether oxygens (including phenoxy) is 1. The molecule has 5 nitrogen and oxygen atoms in total. The van der Waals surface area contributed by atoms with Crippen LogP contribution in [-0.4, -0.2) is 61.8 Å². The highest BCUT2D eigenvalue weighted by Gasteiger charge is 2.36. The smallest absolute Gasteiger partial charge is 0.234 e. The number of rotatable bonds is 4. The standard InChI is InChI=1S/C14H25N3O2/c18-14(16-11-4-8-19-9-5-11)10-15-12-3-7-17-6-1-2-13(12)17/h11-13,15H,1-10H2,(H,16,18). The molecule has 3 rings (SSSR count). The van der Waals surface area contributed by atoms with Gasteiger partial charge in [0.2, 0.25) is 5.91 Å². The van der Waals surface area contributed by atoms with Crippen molar-refractivity contribution in [2.45, 2.75) is 50.2 Å². The van der Waals surface area contributed by atoms with E-state index >= 15 is 0 Å².